The van der Waals surface area contributed by atoms with Crippen LogP contribution in [-0.2, 0) is 0 Å². The van der Waals surface area contributed by atoms with Crippen molar-refractivity contribution in [3.8, 4) is 0 Å². The number of anilines is 2. The molecule has 0 aromatic heterocycles. The highest BCUT2D eigenvalue weighted by molar-refractivity contribution is 6.31. The van der Waals surface area contributed by atoms with Crippen molar-refractivity contribution in [3.05, 3.63) is 58.1 Å². The molecule has 1 amide bonds. The van der Waals surface area contributed by atoms with Gasteiger partial charge in [-0.1, -0.05) is 11.6 Å². The van der Waals surface area contributed by atoms with Gasteiger partial charge in [-0.15, -0.1) is 0 Å². The second-order valence-corrected chi connectivity index (χ2v) is 4.47. The highest BCUT2D eigenvalue weighted by atomic mass is 35.5. The lowest BCUT2D eigenvalue weighted by molar-refractivity contribution is 0.102. The average Bonchev–Trinajstić information content (AvgIpc) is 2.41. The summed E-state index contributed by atoms with van der Waals surface area (Å²) >= 11 is 5.64. The van der Waals surface area contributed by atoms with Crippen LogP contribution >= 0.6 is 11.6 Å². The summed E-state index contributed by atoms with van der Waals surface area (Å²) in [5, 5.41) is 1.99. The number of hydrogen-bond acceptors (Lipinski definition) is 2. The van der Waals surface area contributed by atoms with Crippen LogP contribution in [0, 0.1) is 23.3 Å². The van der Waals surface area contributed by atoms with E-state index in [4.69, 9.17) is 17.3 Å². The van der Waals surface area contributed by atoms with Crippen molar-refractivity contribution in [2.45, 2.75) is 0 Å². The minimum atomic E-state index is -1.71. The van der Waals surface area contributed by atoms with E-state index in [-0.39, 0.29) is 22.3 Å². The van der Waals surface area contributed by atoms with Crippen molar-refractivity contribution in [3.63, 3.8) is 0 Å². The number of hydrogen-bond donors (Lipinski definition) is 2. The van der Waals surface area contributed by atoms with Crippen LogP contribution in [0.3, 0.4) is 0 Å². The molecular weight excluding hydrogens is 312 g/mol. The van der Waals surface area contributed by atoms with Gasteiger partial charge in [0.05, 0.1) is 5.56 Å². The van der Waals surface area contributed by atoms with Crippen LogP contribution in [0.2, 0.25) is 5.02 Å². The van der Waals surface area contributed by atoms with E-state index in [9.17, 15) is 22.4 Å². The molecule has 0 fully saturated rings. The zero-order chi connectivity index (χ0) is 15.7. The maximum atomic E-state index is 13.4. The first-order valence-electron chi connectivity index (χ1n) is 5.50. The van der Waals surface area contributed by atoms with Crippen LogP contribution in [0.4, 0.5) is 28.9 Å². The summed E-state index contributed by atoms with van der Waals surface area (Å²) in [7, 11) is 0. The third-order valence-corrected chi connectivity index (χ3v) is 2.84. The smallest absolute Gasteiger partial charge is 0.257 e. The number of amides is 1. The van der Waals surface area contributed by atoms with Crippen LogP contribution in [0.1, 0.15) is 10.4 Å². The summed E-state index contributed by atoms with van der Waals surface area (Å²) in [5.41, 5.74) is 4.09. The fraction of sp³-hybridized carbons (Fsp3) is 0. The minimum Gasteiger partial charge on any atom is -0.398 e. The van der Waals surface area contributed by atoms with E-state index in [0.29, 0.717) is 0 Å². The molecule has 8 heteroatoms. The van der Waals surface area contributed by atoms with E-state index in [0.717, 1.165) is 0 Å². The van der Waals surface area contributed by atoms with Crippen LogP contribution in [0.15, 0.2) is 24.3 Å². The quantitative estimate of drug-likeness (QED) is 0.503. The topological polar surface area (TPSA) is 55.1 Å². The zero-order valence-corrected chi connectivity index (χ0v) is 10.9. The van der Waals surface area contributed by atoms with Gasteiger partial charge in [0.2, 0.25) is 0 Å². The first-order chi connectivity index (χ1) is 9.81. The summed E-state index contributed by atoms with van der Waals surface area (Å²) in [4.78, 5) is 11.9. The molecule has 0 bridgehead atoms. The summed E-state index contributed by atoms with van der Waals surface area (Å²) < 4.78 is 52.9. The van der Waals surface area contributed by atoms with Gasteiger partial charge in [0.25, 0.3) is 5.91 Å². The predicted molar refractivity (Wildman–Crippen MR) is 70.1 cm³/mol. The van der Waals surface area contributed by atoms with Crippen molar-refractivity contribution >= 4 is 28.9 Å². The Balaban J connectivity index is 2.41. The molecule has 21 heavy (non-hydrogen) atoms. The van der Waals surface area contributed by atoms with E-state index >= 15 is 0 Å². The number of halogens is 5. The van der Waals surface area contributed by atoms with E-state index in [1.807, 2.05) is 0 Å². The Labute approximate surface area is 121 Å². The molecule has 0 radical (unpaired) electrons. The highest BCUT2D eigenvalue weighted by Gasteiger charge is 2.22. The van der Waals surface area contributed by atoms with Crippen molar-refractivity contribution in [2.75, 3.05) is 11.1 Å². The lowest BCUT2D eigenvalue weighted by atomic mass is 10.1. The molecule has 2 aromatic rings. The van der Waals surface area contributed by atoms with Gasteiger partial charge in [0.15, 0.2) is 23.3 Å². The van der Waals surface area contributed by atoms with Crippen LogP contribution < -0.4 is 11.1 Å². The fourth-order valence-corrected chi connectivity index (χ4v) is 1.78. The lowest BCUT2D eigenvalue weighted by Gasteiger charge is -2.10. The molecule has 3 N–H and O–H groups in total. The largest absolute Gasteiger partial charge is 0.398 e. The summed E-state index contributed by atoms with van der Waals surface area (Å²) in [6, 6.07) is 3.82. The number of carbonyl (C=O) groups is 1. The maximum Gasteiger partial charge on any atom is 0.257 e. The van der Waals surface area contributed by atoms with Crippen molar-refractivity contribution < 1.29 is 22.4 Å². The Morgan fingerprint density at radius 1 is 1.05 bits per heavy atom. The number of benzene rings is 2. The summed E-state index contributed by atoms with van der Waals surface area (Å²) in [6.07, 6.45) is 0. The number of carbonyl (C=O) groups excluding carboxylic acids is 1. The second kappa shape index (κ2) is 5.61. The molecule has 3 nitrogen and oxygen atoms in total. The zero-order valence-electron chi connectivity index (χ0n) is 10.2. The van der Waals surface area contributed by atoms with Gasteiger partial charge in [-0.2, -0.15) is 0 Å². The minimum absolute atomic E-state index is 0.0387. The maximum absolute atomic E-state index is 13.4. The number of rotatable bonds is 2. The van der Waals surface area contributed by atoms with Crippen molar-refractivity contribution in [2.24, 2.45) is 0 Å². The van der Waals surface area contributed by atoms with Crippen LogP contribution in [-0.4, -0.2) is 5.91 Å². The van der Waals surface area contributed by atoms with E-state index in [1.54, 1.807) is 5.32 Å². The van der Waals surface area contributed by atoms with Gasteiger partial charge in [-0.05, 0) is 18.2 Å². The Morgan fingerprint density at radius 2 is 1.62 bits per heavy atom. The first kappa shape index (κ1) is 15.1. The van der Waals surface area contributed by atoms with Crippen LogP contribution in [0.25, 0.3) is 0 Å². The molecule has 0 saturated heterocycles. The molecule has 110 valence electrons. The molecule has 0 atom stereocenters. The highest BCUT2D eigenvalue weighted by Crippen LogP contribution is 2.26. The number of nitrogen functional groups attached to an aromatic ring is 1. The molecule has 0 aliphatic heterocycles. The van der Waals surface area contributed by atoms with Gasteiger partial charge >= 0.3 is 0 Å². The van der Waals surface area contributed by atoms with Gasteiger partial charge in [-0.25, -0.2) is 17.6 Å². The Hall–Kier alpha value is -2.28. The summed E-state index contributed by atoms with van der Waals surface area (Å²) in [5.74, 6) is -7.72. The molecule has 0 aliphatic rings. The molecule has 0 unspecified atom stereocenters. The predicted octanol–water partition coefficient (Wildman–Crippen LogP) is 3.73. The normalized spacial score (nSPS) is 10.5. The third kappa shape index (κ3) is 2.92. The van der Waals surface area contributed by atoms with E-state index in [2.05, 4.69) is 0 Å². The van der Waals surface area contributed by atoms with Gasteiger partial charge in [0.1, 0.15) is 5.69 Å². The van der Waals surface area contributed by atoms with E-state index < -0.39 is 34.9 Å². The lowest BCUT2D eigenvalue weighted by Crippen LogP contribution is -2.17. The van der Waals surface area contributed by atoms with Gasteiger partial charge in [0, 0.05) is 16.8 Å². The standard InChI is InChI=1S/C13H7ClF4N2O/c14-5-1-2-6(9(19)3-5)13(21)20-12-10(17)7(15)4-8(16)11(12)18/h1-4H,19H2,(H,20,21). The first-order valence-corrected chi connectivity index (χ1v) is 5.88. The van der Waals surface area contributed by atoms with Gasteiger partial charge < -0.3 is 11.1 Å². The van der Waals surface area contributed by atoms with Crippen molar-refractivity contribution in [1.29, 1.82) is 0 Å². The fourth-order valence-electron chi connectivity index (χ4n) is 1.60. The third-order valence-electron chi connectivity index (χ3n) is 2.61. The molecular formula is C13H7ClF4N2O. The second-order valence-electron chi connectivity index (χ2n) is 4.03. The molecule has 2 aromatic carbocycles. The summed E-state index contributed by atoms with van der Waals surface area (Å²) in [6.45, 7) is 0. The Morgan fingerprint density at radius 3 is 2.14 bits per heavy atom. The van der Waals surface area contributed by atoms with Crippen LogP contribution in [0.5, 0.6) is 0 Å². The molecule has 0 spiro atoms. The van der Waals surface area contributed by atoms with E-state index in [1.165, 1.54) is 18.2 Å². The monoisotopic (exact) mass is 318 g/mol. The number of nitrogens with two attached hydrogens (primary N) is 1. The Kier molecular flexibility index (Phi) is 4.04. The Bertz CT molecular complexity index is 710. The average molecular weight is 319 g/mol. The molecule has 0 saturated carbocycles. The molecule has 0 aliphatic carbocycles. The molecule has 0 heterocycles. The SMILES string of the molecule is Nc1cc(Cl)ccc1C(=O)Nc1c(F)c(F)cc(F)c1F. The van der Waals surface area contributed by atoms with Gasteiger partial charge in [-0.3, -0.25) is 4.79 Å². The van der Waals surface area contributed by atoms with Crippen molar-refractivity contribution in [1.82, 2.24) is 0 Å². The number of nitrogens with one attached hydrogen (secondary N) is 1. The molecule has 2 rings (SSSR count).